The standard InChI is InChI=1S/C35H50O8/c1-19(2)27-11-23-13-33(16-36)26-10-9-20(3)25(26)14-34(23,35(27,33)31(38)42-18-41-30(37)32(6,7)8)17-40-28-12-24-21(4)15-39-29(24)22(5)43-28/h11,16,19-20,22-26,28-29H,4,9-10,12-15,17-18H2,1-3,5-8H3/t20-,22-,23-,24-,25-,26-,28-,29-,33+,34+,35+/m1/s1. The van der Waals surface area contributed by atoms with E-state index >= 15 is 0 Å². The maximum Gasteiger partial charge on any atom is 0.320 e. The van der Waals surface area contributed by atoms with Crippen LogP contribution < -0.4 is 0 Å². The van der Waals surface area contributed by atoms with E-state index < -0.39 is 46.7 Å². The average Bonchev–Trinajstić information content (AvgIpc) is 3.64. The topological polar surface area (TPSA) is 97.4 Å². The second-order valence-corrected chi connectivity index (χ2v) is 15.8. The molecule has 6 rings (SSSR count). The first-order valence-electron chi connectivity index (χ1n) is 16.3. The molecular formula is C35H50O8. The summed E-state index contributed by atoms with van der Waals surface area (Å²) in [6.07, 6.45) is 6.76. The van der Waals surface area contributed by atoms with Gasteiger partial charge in [-0.05, 0) is 82.1 Å². The van der Waals surface area contributed by atoms with E-state index in [1.54, 1.807) is 20.8 Å². The monoisotopic (exact) mass is 598 g/mol. The summed E-state index contributed by atoms with van der Waals surface area (Å²) in [7, 11) is 0. The lowest BCUT2D eigenvalue weighted by atomic mass is 9.43. The van der Waals surface area contributed by atoms with Gasteiger partial charge < -0.3 is 28.5 Å². The van der Waals surface area contributed by atoms with E-state index in [9.17, 15) is 14.4 Å². The van der Waals surface area contributed by atoms with Gasteiger partial charge in [0, 0.05) is 17.8 Å². The maximum atomic E-state index is 14.8. The Morgan fingerprint density at radius 1 is 1.16 bits per heavy atom. The first kappa shape index (κ1) is 31.0. The Balaban J connectivity index is 1.37. The van der Waals surface area contributed by atoms with E-state index in [0.717, 1.165) is 36.7 Å². The minimum Gasteiger partial charge on any atom is -0.427 e. The van der Waals surface area contributed by atoms with Crippen LogP contribution in [0.1, 0.15) is 80.6 Å². The van der Waals surface area contributed by atoms with Crippen molar-refractivity contribution < 1.29 is 38.1 Å². The lowest BCUT2D eigenvalue weighted by Gasteiger charge is -2.59. The molecule has 0 amide bonds. The molecule has 8 nitrogen and oxygen atoms in total. The number of esters is 2. The van der Waals surface area contributed by atoms with Gasteiger partial charge in [0.15, 0.2) is 6.29 Å². The third-order valence-corrected chi connectivity index (χ3v) is 12.3. The SMILES string of the molecule is C=C1CO[C@H]2[C@@H]1C[C@H](OC[C@@]13C[C@@H]4[C@H](C)CC[C@H]4[C@@]4(C=O)C[C@H]1C=C(C(C)C)[C@@]34C(=O)OCOC(=O)C(C)(C)C)O[C@@H]2C. The molecule has 3 saturated carbocycles. The number of allylic oxidation sites excluding steroid dienone is 1. The zero-order chi connectivity index (χ0) is 31.1. The summed E-state index contributed by atoms with van der Waals surface area (Å²) >= 11 is 0. The van der Waals surface area contributed by atoms with Crippen LogP contribution >= 0.6 is 0 Å². The molecule has 0 radical (unpaired) electrons. The minimum atomic E-state index is -1.19. The van der Waals surface area contributed by atoms with Crippen molar-refractivity contribution in [3.8, 4) is 0 Å². The molecule has 0 N–H and O–H groups in total. The maximum absolute atomic E-state index is 14.8. The van der Waals surface area contributed by atoms with Gasteiger partial charge in [-0.25, -0.2) is 0 Å². The first-order valence-corrected chi connectivity index (χ1v) is 16.3. The summed E-state index contributed by atoms with van der Waals surface area (Å²) in [5.41, 5.74) is -1.43. The van der Waals surface area contributed by atoms with Crippen LogP contribution in [0.15, 0.2) is 23.8 Å². The van der Waals surface area contributed by atoms with E-state index in [4.69, 9.17) is 23.7 Å². The van der Waals surface area contributed by atoms with Crippen LogP contribution in [0.25, 0.3) is 0 Å². The highest BCUT2D eigenvalue weighted by Crippen LogP contribution is 2.83. The summed E-state index contributed by atoms with van der Waals surface area (Å²) in [4.78, 5) is 40.9. The van der Waals surface area contributed by atoms with E-state index in [-0.39, 0.29) is 42.5 Å². The number of fused-ring (bicyclic) bond motifs is 3. The number of carbonyl (C=O) groups excluding carboxylic acids is 3. The van der Waals surface area contributed by atoms with Gasteiger partial charge in [-0.3, -0.25) is 9.59 Å². The lowest BCUT2D eigenvalue weighted by molar-refractivity contribution is -0.250. The number of ether oxygens (including phenoxy) is 5. The molecule has 0 aromatic rings. The Kier molecular flexibility index (Phi) is 7.58. The van der Waals surface area contributed by atoms with Crippen LogP contribution in [0, 0.1) is 57.2 Å². The van der Waals surface area contributed by atoms with Crippen LogP contribution in [0.2, 0.25) is 0 Å². The second-order valence-electron chi connectivity index (χ2n) is 15.8. The van der Waals surface area contributed by atoms with E-state index in [1.807, 2.05) is 6.92 Å². The molecule has 238 valence electrons. The minimum absolute atomic E-state index is 0.00360. The Bertz CT molecular complexity index is 1210. The third kappa shape index (κ3) is 4.21. The van der Waals surface area contributed by atoms with Crippen LogP contribution in [-0.4, -0.2) is 56.7 Å². The fraction of sp³-hybridized carbons (Fsp3) is 0.800. The first-order chi connectivity index (χ1) is 20.2. The molecule has 0 aromatic heterocycles. The summed E-state index contributed by atoms with van der Waals surface area (Å²) < 4.78 is 30.4. The van der Waals surface area contributed by atoms with E-state index in [2.05, 4.69) is 33.4 Å². The van der Waals surface area contributed by atoms with Crippen molar-refractivity contribution in [1.29, 1.82) is 0 Å². The van der Waals surface area contributed by atoms with Crippen molar-refractivity contribution in [3.63, 3.8) is 0 Å². The van der Waals surface area contributed by atoms with Gasteiger partial charge in [-0.2, -0.15) is 0 Å². The summed E-state index contributed by atoms with van der Waals surface area (Å²) in [5, 5.41) is 0. The predicted octanol–water partition coefficient (Wildman–Crippen LogP) is 5.64. The molecule has 0 aromatic carbocycles. The van der Waals surface area contributed by atoms with Crippen molar-refractivity contribution in [3.05, 3.63) is 23.8 Å². The molecule has 43 heavy (non-hydrogen) atoms. The van der Waals surface area contributed by atoms with Crippen LogP contribution in [0.5, 0.6) is 0 Å². The number of hydrogen-bond acceptors (Lipinski definition) is 8. The van der Waals surface area contributed by atoms with Gasteiger partial charge in [-0.1, -0.05) is 45.4 Å². The molecule has 4 aliphatic carbocycles. The zero-order valence-corrected chi connectivity index (χ0v) is 27.0. The van der Waals surface area contributed by atoms with Gasteiger partial charge in [0.05, 0.1) is 36.3 Å². The van der Waals surface area contributed by atoms with Crippen molar-refractivity contribution in [2.45, 2.75) is 99.1 Å². The molecule has 0 unspecified atom stereocenters. The Morgan fingerprint density at radius 2 is 1.91 bits per heavy atom. The molecule has 11 atom stereocenters. The Hall–Kier alpha value is -2.03. The van der Waals surface area contributed by atoms with Gasteiger partial charge in [0.1, 0.15) is 11.7 Å². The van der Waals surface area contributed by atoms with Gasteiger partial charge in [-0.15, -0.1) is 0 Å². The molecule has 2 aliphatic heterocycles. The molecule has 2 heterocycles. The summed E-state index contributed by atoms with van der Waals surface area (Å²) in [6, 6.07) is 0. The van der Waals surface area contributed by atoms with Crippen molar-refractivity contribution in [2.75, 3.05) is 20.0 Å². The molecule has 2 saturated heterocycles. The van der Waals surface area contributed by atoms with Crippen LogP contribution in [0.3, 0.4) is 0 Å². The van der Waals surface area contributed by atoms with Crippen molar-refractivity contribution in [1.82, 2.24) is 0 Å². The Labute approximate surface area is 256 Å². The van der Waals surface area contributed by atoms with Gasteiger partial charge in [0.2, 0.25) is 6.79 Å². The van der Waals surface area contributed by atoms with E-state index in [0.29, 0.717) is 31.3 Å². The number of aldehydes is 1. The largest absolute Gasteiger partial charge is 0.427 e. The predicted molar refractivity (Wildman–Crippen MR) is 158 cm³/mol. The summed E-state index contributed by atoms with van der Waals surface area (Å²) in [5.74, 6) is 0.153. The fourth-order valence-corrected chi connectivity index (χ4v) is 10.4. The molecule has 6 aliphatic rings. The van der Waals surface area contributed by atoms with Crippen LogP contribution in [-0.2, 0) is 38.1 Å². The number of rotatable bonds is 8. The Morgan fingerprint density at radius 3 is 2.58 bits per heavy atom. The number of carbonyl (C=O) groups is 3. The highest BCUT2D eigenvalue weighted by molar-refractivity contribution is 5.91. The quantitative estimate of drug-likeness (QED) is 0.153. The average molecular weight is 599 g/mol. The second kappa shape index (κ2) is 10.5. The highest BCUT2D eigenvalue weighted by atomic mass is 16.7. The molecule has 5 fully saturated rings. The molecule has 4 bridgehead atoms. The molecule has 8 heteroatoms. The third-order valence-electron chi connectivity index (χ3n) is 12.3. The normalized spacial score (nSPS) is 44.7. The van der Waals surface area contributed by atoms with Crippen LogP contribution in [0.4, 0.5) is 0 Å². The summed E-state index contributed by atoms with van der Waals surface area (Å²) in [6.45, 7) is 18.4. The van der Waals surface area contributed by atoms with Crippen molar-refractivity contribution in [2.24, 2.45) is 57.2 Å². The smallest absolute Gasteiger partial charge is 0.320 e. The van der Waals surface area contributed by atoms with Gasteiger partial charge >= 0.3 is 11.9 Å². The van der Waals surface area contributed by atoms with Gasteiger partial charge in [0.25, 0.3) is 0 Å². The highest BCUT2D eigenvalue weighted by Gasteiger charge is 2.84. The van der Waals surface area contributed by atoms with Crippen molar-refractivity contribution >= 4 is 18.2 Å². The van der Waals surface area contributed by atoms with E-state index in [1.165, 1.54) is 0 Å². The molecular weight excluding hydrogens is 548 g/mol. The lowest BCUT2D eigenvalue weighted by Crippen LogP contribution is -2.64. The fourth-order valence-electron chi connectivity index (χ4n) is 10.4. The zero-order valence-electron chi connectivity index (χ0n) is 27.0. The number of hydrogen-bond donors (Lipinski definition) is 0. The molecule has 0 spiro atoms.